The predicted octanol–water partition coefficient (Wildman–Crippen LogP) is 5.01. The molecule has 30 heavy (non-hydrogen) atoms. The van der Waals surface area contributed by atoms with E-state index >= 15 is 0 Å². The topological polar surface area (TPSA) is 37.0 Å². The van der Waals surface area contributed by atoms with Crippen molar-refractivity contribution in [3.8, 4) is 17.2 Å². The van der Waals surface area contributed by atoms with Gasteiger partial charge in [-0.25, -0.2) is 0 Å². The minimum Gasteiger partial charge on any atom is -0.495 e. The zero-order chi connectivity index (χ0) is 20.8. The number of methoxy groups -OCH3 is 1. The van der Waals surface area contributed by atoms with Gasteiger partial charge in [-0.3, -0.25) is 0 Å². The van der Waals surface area contributed by atoms with Gasteiger partial charge in [0.15, 0.2) is 5.11 Å². The third kappa shape index (κ3) is 4.83. The van der Waals surface area contributed by atoms with Gasteiger partial charge < -0.3 is 24.6 Å². The molecule has 1 saturated heterocycles. The highest BCUT2D eigenvalue weighted by Gasteiger charge is 2.21. The van der Waals surface area contributed by atoms with E-state index in [0.29, 0.717) is 0 Å². The van der Waals surface area contributed by atoms with Gasteiger partial charge in [0.1, 0.15) is 17.2 Å². The number of nitrogens with zero attached hydrogens (tertiary/aromatic N) is 2. The van der Waals surface area contributed by atoms with Gasteiger partial charge in [0.25, 0.3) is 0 Å². The van der Waals surface area contributed by atoms with Crippen LogP contribution in [0.2, 0.25) is 0 Å². The first kappa shape index (κ1) is 20.0. The van der Waals surface area contributed by atoms with Crippen LogP contribution in [0.5, 0.6) is 17.2 Å². The Morgan fingerprint density at radius 1 is 0.800 bits per heavy atom. The second kappa shape index (κ2) is 9.50. The van der Waals surface area contributed by atoms with E-state index in [9.17, 15) is 0 Å². The Kier molecular flexibility index (Phi) is 6.35. The zero-order valence-electron chi connectivity index (χ0n) is 17.0. The molecule has 0 aromatic heterocycles. The third-order valence-corrected chi connectivity index (χ3v) is 5.44. The summed E-state index contributed by atoms with van der Waals surface area (Å²) in [4.78, 5) is 4.54. The van der Waals surface area contributed by atoms with Crippen LogP contribution in [0.4, 0.5) is 11.4 Å². The van der Waals surface area contributed by atoms with Crippen molar-refractivity contribution in [2.45, 2.75) is 0 Å². The maximum atomic E-state index is 5.84. The Morgan fingerprint density at radius 2 is 1.43 bits per heavy atom. The Balaban J connectivity index is 1.30. The number of hydrogen-bond acceptors (Lipinski definition) is 4. The molecule has 1 heterocycles. The lowest BCUT2D eigenvalue weighted by Gasteiger charge is -2.37. The summed E-state index contributed by atoms with van der Waals surface area (Å²) in [5.74, 6) is 2.52. The lowest BCUT2D eigenvalue weighted by atomic mass is 10.2. The molecule has 0 saturated carbocycles. The van der Waals surface area contributed by atoms with E-state index in [1.807, 2.05) is 72.8 Å². The van der Waals surface area contributed by atoms with Crippen LogP contribution in [-0.4, -0.2) is 43.3 Å². The number of hydrogen-bond donors (Lipinski definition) is 1. The summed E-state index contributed by atoms with van der Waals surface area (Å²) in [5, 5.41) is 4.08. The van der Waals surface area contributed by atoms with Crippen molar-refractivity contribution in [2.24, 2.45) is 0 Å². The van der Waals surface area contributed by atoms with Crippen molar-refractivity contribution < 1.29 is 9.47 Å². The number of nitrogens with one attached hydrogen (secondary N) is 1. The number of para-hydroxylation sites is 3. The summed E-state index contributed by atoms with van der Waals surface area (Å²) < 4.78 is 11.3. The van der Waals surface area contributed by atoms with Crippen LogP contribution in [0, 0.1) is 0 Å². The molecule has 0 bridgehead atoms. The van der Waals surface area contributed by atoms with Crippen LogP contribution < -0.4 is 19.7 Å². The van der Waals surface area contributed by atoms with Crippen molar-refractivity contribution in [3.63, 3.8) is 0 Å². The molecule has 4 rings (SSSR count). The smallest absolute Gasteiger partial charge is 0.173 e. The molecule has 1 aliphatic rings. The van der Waals surface area contributed by atoms with Gasteiger partial charge in [0.2, 0.25) is 0 Å². The van der Waals surface area contributed by atoms with Crippen LogP contribution in [-0.2, 0) is 0 Å². The maximum absolute atomic E-state index is 5.84. The minimum atomic E-state index is 0.742. The van der Waals surface area contributed by atoms with E-state index in [1.54, 1.807) is 7.11 Å². The third-order valence-electron chi connectivity index (χ3n) is 5.08. The van der Waals surface area contributed by atoms with Gasteiger partial charge in [0.05, 0.1) is 12.8 Å². The second-order valence-corrected chi connectivity index (χ2v) is 7.40. The molecule has 6 heteroatoms. The SMILES string of the molecule is COc1ccccc1N1CCN(C(=S)Nc2ccc(Oc3ccccc3)cc2)CC1. The molecule has 5 nitrogen and oxygen atoms in total. The van der Waals surface area contributed by atoms with Gasteiger partial charge in [-0.05, 0) is 60.7 Å². The van der Waals surface area contributed by atoms with Crippen LogP contribution in [0.1, 0.15) is 0 Å². The van der Waals surface area contributed by atoms with Gasteiger partial charge in [-0.1, -0.05) is 30.3 Å². The first-order valence-electron chi connectivity index (χ1n) is 10.00. The molecule has 1 aliphatic heterocycles. The number of rotatable bonds is 5. The van der Waals surface area contributed by atoms with Crippen LogP contribution in [0.15, 0.2) is 78.9 Å². The van der Waals surface area contributed by atoms with Gasteiger partial charge in [-0.15, -0.1) is 0 Å². The first-order valence-corrected chi connectivity index (χ1v) is 10.4. The van der Waals surface area contributed by atoms with Gasteiger partial charge >= 0.3 is 0 Å². The highest BCUT2D eigenvalue weighted by Crippen LogP contribution is 2.28. The molecule has 0 spiro atoms. The predicted molar refractivity (Wildman–Crippen MR) is 126 cm³/mol. The lowest BCUT2D eigenvalue weighted by Crippen LogP contribution is -2.50. The largest absolute Gasteiger partial charge is 0.495 e. The zero-order valence-corrected chi connectivity index (χ0v) is 17.8. The molecule has 0 aliphatic carbocycles. The highest BCUT2D eigenvalue weighted by atomic mass is 32.1. The second-order valence-electron chi connectivity index (χ2n) is 7.02. The Labute approximate surface area is 182 Å². The molecule has 1 fully saturated rings. The van der Waals surface area contributed by atoms with Crippen molar-refractivity contribution in [2.75, 3.05) is 43.5 Å². The maximum Gasteiger partial charge on any atom is 0.173 e. The summed E-state index contributed by atoms with van der Waals surface area (Å²) in [5.41, 5.74) is 2.08. The van der Waals surface area contributed by atoms with E-state index in [2.05, 4.69) is 21.2 Å². The lowest BCUT2D eigenvalue weighted by molar-refractivity contribution is 0.382. The average Bonchev–Trinajstić information content (AvgIpc) is 2.81. The van der Waals surface area contributed by atoms with Gasteiger partial charge in [0, 0.05) is 31.9 Å². The molecule has 0 unspecified atom stereocenters. The average molecular weight is 420 g/mol. The Hall–Kier alpha value is -3.25. The van der Waals surface area contributed by atoms with Gasteiger partial charge in [-0.2, -0.15) is 0 Å². The highest BCUT2D eigenvalue weighted by molar-refractivity contribution is 7.80. The van der Waals surface area contributed by atoms with E-state index in [1.165, 1.54) is 0 Å². The molecule has 3 aromatic carbocycles. The fourth-order valence-corrected chi connectivity index (χ4v) is 3.78. The summed E-state index contributed by atoms with van der Waals surface area (Å²) in [6.07, 6.45) is 0. The number of piperazine rings is 1. The van der Waals surface area contributed by atoms with Crippen LogP contribution >= 0.6 is 12.2 Å². The molecular weight excluding hydrogens is 394 g/mol. The van der Waals surface area contributed by atoms with Crippen LogP contribution in [0.25, 0.3) is 0 Å². The number of thiocarbonyl (C=S) groups is 1. The fraction of sp³-hybridized carbons (Fsp3) is 0.208. The standard InChI is InChI=1S/C24H25N3O2S/c1-28-23-10-6-5-9-22(23)26-15-17-27(18-16-26)24(30)25-19-11-13-21(14-12-19)29-20-7-3-2-4-8-20/h2-14H,15-18H2,1H3,(H,25,30). The van der Waals surface area contributed by atoms with Crippen LogP contribution in [0.3, 0.4) is 0 Å². The van der Waals surface area contributed by atoms with Crippen molar-refractivity contribution in [1.29, 1.82) is 0 Å². The normalized spacial score (nSPS) is 13.6. The van der Waals surface area contributed by atoms with E-state index in [-0.39, 0.29) is 0 Å². The molecule has 3 aromatic rings. The van der Waals surface area contributed by atoms with E-state index in [4.69, 9.17) is 21.7 Å². The minimum absolute atomic E-state index is 0.742. The monoisotopic (exact) mass is 419 g/mol. The Morgan fingerprint density at radius 3 is 2.13 bits per heavy atom. The summed E-state index contributed by atoms with van der Waals surface area (Å²) >= 11 is 5.64. The van der Waals surface area contributed by atoms with E-state index < -0.39 is 0 Å². The summed E-state index contributed by atoms with van der Waals surface area (Å²) in [6, 6.07) is 25.7. The van der Waals surface area contributed by atoms with Crippen molar-refractivity contribution in [1.82, 2.24) is 4.90 Å². The van der Waals surface area contributed by atoms with Crippen molar-refractivity contribution >= 4 is 28.7 Å². The van der Waals surface area contributed by atoms with Crippen molar-refractivity contribution in [3.05, 3.63) is 78.9 Å². The Bertz CT molecular complexity index is 971. The number of anilines is 2. The summed E-state index contributed by atoms with van der Waals surface area (Å²) in [7, 11) is 1.71. The number of ether oxygens (including phenoxy) is 2. The summed E-state index contributed by atoms with van der Waals surface area (Å²) in [6.45, 7) is 3.51. The molecule has 0 atom stereocenters. The molecule has 0 radical (unpaired) electrons. The first-order chi connectivity index (χ1) is 14.7. The molecule has 1 N–H and O–H groups in total. The molecule has 0 amide bonds. The molecule has 154 valence electrons. The fourth-order valence-electron chi connectivity index (χ4n) is 3.47. The molecular formula is C24H25N3O2S. The quantitative estimate of drug-likeness (QED) is 0.586. The number of benzene rings is 3. The van der Waals surface area contributed by atoms with E-state index in [0.717, 1.165) is 59.9 Å².